The van der Waals surface area contributed by atoms with E-state index in [9.17, 15) is 9.59 Å². The van der Waals surface area contributed by atoms with Gasteiger partial charge in [0, 0.05) is 24.2 Å². The number of benzene rings is 2. The summed E-state index contributed by atoms with van der Waals surface area (Å²) in [6, 6.07) is 22.0. The molecular formula is C42H60O5Si2. The highest BCUT2D eigenvalue weighted by Gasteiger charge is 2.68. The fraction of sp³-hybridized carbons (Fsp3) is 0.619. The molecule has 2 aromatic carbocycles. The van der Waals surface area contributed by atoms with E-state index in [0.29, 0.717) is 30.1 Å². The van der Waals surface area contributed by atoms with Crippen LogP contribution in [0.5, 0.6) is 0 Å². The average Bonchev–Trinajstić information content (AvgIpc) is 3.48. The Morgan fingerprint density at radius 3 is 1.84 bits per heavy atom. The lowest BCUT2D eigenvalue weighted by molar-refractivity contribution is -0.152. The summed E-state index contributed by atoms with van der Waals surface area (Å²) in [5, 5.41) is 2.51. The summed E-state index contributed by atoms with van der Waals surface area (Å²) in [6.45, 7) is 22.9. The predicted octanol–water partition coefficient (Wildman–Crippen LogP) is 8.04. The zero-order valence-corrected chi connectivity index (χ0v) is 33.7. The van der Waals surface area contributed by atoms with Crippen molar-refractivity contribution in [3.05, 3.63) is 72.8 Å². The fourth-order valence-electron chi connectivity index (χ4n) is 10.6. The predicted molar refractivity (Wildman–Crippen MR) is 203 cm³/mol. The highest BCUT2D eigenvalue weighted by atomic mass is 28.4. The average molecular weight is 701 g/mol. The van der Waals surface area contributed by atoms with E-state index in [0.717, 1.165) is 6.42 Å². The molecule has 5 nitrogen and oxygen atoms in total. The maximum absolute atomic E-state index is 13.1. The van der Waals surface area contributed by atoms with Crippen molar-refractivity contribution in [3.63, 3.8) is 0 Å². The van der Waals surface area contributed by atoms with Gasteiger partial charge in [0.1, 0.15) is 5.78 Å². The molecular weight excluding hydrogens is 641 g/mol. The zero-order chi connectivity index (χ0) is 35.7. The lowest BCUT2D eigenvalue weighted by atomic mass is 9.51. The van der Waals surface area contributed by atoms with Crippen molar-refractivity contribution in [2.24, 2.45) is 53.3 Å². The van der Waals surface area contributed by atoms with Gasteiger partial charge in [0.2, 0.25) is 0 Å². The molecule has 4 aliphatic carbocycles. The summed E-state index contributed by atoms with van der Waals surface area (Å²) in [6.07, 6.45) is 6.26. The van der Waals surface area contributed by atoms with Crippen LogP contribution >= 0.6 is 0 Å². The van der Waals surface area contributed by atoms with Gasteiger partial charge in [-0.05, 0) is 82.4 Å². The SMILES string of the molecule is COC(=O)C[C@@H]1[C@H](C(C)=O)[C@@H]2C[C@@H]3C=C[C@@H]4[C@@H](O[Si](C)(C)C(C)(C)C)[C@H](C)[C@@H](O[Si](c5ccccc5)(c5ccccc5)C(C)(C)C)[C@@H]4[C@H]3[C@H]12. The quantitative estimate of drug-likeness (QED) is 0.151. The normalized spacial score (nSPS) is 34.1. The monoisotopic (exact) mass is 700 g/mol. The maximum atomic E-state index is 13.1. The lowest BCUT2D eigenvalue weighted by Gasteiger charge is -2.53. The first-order chi connectivity index (χ1) is 22.9. The maximum Gasteiger partial charge on any atom is 0.305 e. The second-order valence-corrected chi connectivity index (χ2v) is 27.3. The standard InChI is InChI=1S/C42H60O5Si2/c1-26-39(46-48(10,11)41(3,4)5)31-23-22-28-24-32-35(27(2)43)33(25-34(44)45-9)37(32)36(28)38(31)40(26)47-49(42(6,7)8,29-18-14-12-15-19-29)30-20-16-13-17-21-30/h12-23,26,28,31-33,35-40H,24-25H2,1-11H3/t26-,28-,31-,32-,33+,35+,36+,37-,38-,39-,40+/m0/s1. The van der Waals surface area contributed by atoms with Crippen molar-refractivity contribution < 1.29 is 23.2 Å². The van der Waals surface area contributed by atoms with Crippen molar-refractivity contribution >= 4 is 38.8 Å². The Labute approximate surface area is 297 Å². The summed E-state index contributed by atoms with van der Waals surface area (Å²) in [5.74, 6) is 1.83. The number of allylic oxidation sites excluding steroid dienone is 1. The molecule has 0 saturated heterocycles. The van der Waals surface area contributed by atoms with Gasteiger partial charge >= 0.3 is 5.97 Å². The second-order valence-electron chi connectivity index (χ2n) is 18.3. The molecule has 0 bridgehead atoms. The molecule has 4 aliphatic rings. The number of carbonyl (C=O) groups is 2. The van der Waals surface area contributed by atoms with Gasteiger partial charge in [-0.3, -0.25) is 9.59 Å². The molecule has 2 aromatic rings. The van der Waals surface area contributed by atoms with Crippen LogP contribution in [-0.2, 0) is 23.2 Å². The van der Waals surface area contributed by atoms with Gasteiger partial charge in [0.05, 0.1) is 19.3 Å². The minimum atomic E-state index is -2.90. The molecule has 0 aliphatic heterocycles. The molecule has 6 rings (SSSR count). The van der Waals surface area contributed by atoms with Crippen LogP contribution in [0.3, 0.4) is 0 Å². The molecule has 0 unspecified atom stereocenters. The van der Waals surface area contributed by atoms with Crippen molar-refractivity contribution in [1.82, 2.24) is 0 Å². The Balaban J connectivity index is 1.51. The number of ether oxygens (including phenoxy) is 1. The number of rotatable bonds is 9. The number of ketones is 1. The van der Waals surface area contributed by atoms with E-state index in [1.54, 1.807) is 6.92 Å². The third-order valence-electron chi connectivity index (χ3n) is 13.7. The van der Waals surface area contributed by atoms with Crippen LogP contribution in [0.4, 0.5) is 0 Å². The highest BCUT2D eigenvalue weighted by molar-refractivity contribution is 6.99. The number of fused-ring (bicyclic) bond motifs is 5. The molecule has 0 N–H and O–H groups in total. The van der Waals surface area contributed by atoms with Gasteiger partial charge in [-0.1, -0.05) is 121 Å². The summed E-state index contributed by atoms with van der Waals surface area (Å²) in [4.78, 5) is 25.9. The molecule has 49 heavy (non-hydrogen) atoms. The first-order valence-electron chi connectivity index (χ1n) is 18.7. The minimum absolute atomic E-state index is 0.0151. The Hall–Kier alpha value is -2.33. The molecule has 0 amide bonds. The number of carbonyl (C=O) groups excluding carboxylic acids is 2. The van der Waals surface area contributed by atoms with E-state index < -0.39 is 16.6 Å². The third kappa shape index (κ3) is 5.98. The summed E-state index contributed by atoms with van der Waals surface area (Å²) in [7, 11) is -3.57. The van der Waals surface area contributed by atoms with Gasteiger partial charge in [-0.2, -0.15) is 0 Å². The van der Waals surface area contributed by atoms with Gasteiger partial charge in [0.25, 0.3) is 8.32 Å². The number of esters is 1. The van der Waals surface area contributed by atoms with Crippen LogP contribution in [0.15, 0.2) is 72.8 Å². The summed E-state index contributed by atoms with van der Waals surface area (Å²) >= 11 is 0. The van der Waals surface area contributed by atoms with Crippen molar-refractivity contribution in [2.75, 3.05) is 7.11 Å². The molecule has 0 heterocycles. The molecule has 7 heteroatoms. The molecule has 0 spiro atoms. The molecule has 0 radical (unpaired) electrons. The Bertz CT molecular complexity index is 1500. The first-order valence-corrected chi connectivity index (χ1v) is 23.5. The van der Waals surface area contributed by atoms with Crippen LogP contribution in [0, 0.1) is 53.3 Å². The topological polar surface area (TPSA) is 61.8 Å². The number of Topliss-reactive ketones (excluding diaryl/α,β-unsaturated/α-hetero) is 1. The summed E-state index contributed by atoms with van der Waals surface area (Å²) < 4.78 is 20.8. The fourth-order valence-corrected chi connectivity index (χ4v) is 16.8. The van der Waals surface area contributed by atoms with Gasteiger partial charge in [-0.15, -0.1) is 0 Å². The molecule has 11 atom stereocenters. The van der Waals surface area contributed by atoms with Gasteiger partial charge in [0.15, 0.2) is 8.32 Å². The van der Waals surface area contributed by atoms with E-state index in [1.807, 2.05) is 0 Å². The Kier molecular flexibility index (Phi) is 9.69. The van der Waals surface area contributed by atoms with E-state index in [-0.39, 0.29) is 63.6 Å². The molecule has 266 valence electrons. The highest BCUT2D eigenvalue weighted by Crippen LogP contribution is 2.68. The second kappa shape index (κ2) is 13.0. The Morgan fingerprint density at radius 1 is 0.776 bits per heavy atom. The van der Waals surface area contributed by atoms with Crippen LogP contribution in [0.2, 0.25) is 23.2 Å². The zero-order valence-electron chi connectivity index (χ0n) is 31.7. The van der Waals surface area contributed by atoms with Crippen LogP contribution < -0.4 is 10.4 Å². The van der Waals surface area contributed by atoms with Crippen molar-refractivity contribution in [2.45, 2.75) is 104 Å². The van der Waals surface area contributed by atoms with E-state index in [2.05, 4.69) is 134 Å². The van der Waals surface area contributed by atoms with Crippen LogP contribution in [0.25, 0.3) is 0 Å². The molecule has 3 saturated carbocycles. The first kappa shape index (κ1) is 36.5. The third-order valence-corrected chi connectivity index (χ3v) is 23.2. The summed E-state index contributed by atoms with van der Waals surface area (Å²) in [5.41, 5.74) is 0. The van der Waals surface area contributed by atoms with Crippen LogP contribution in [0.1, 0.15) is 68.2 Å². The van der Waals surface area contributed by atoms with E-state index >= 15 is 0 Å². The van der Waals surface area contributed by atoms with Crippen LogP contribution in [-0.4, -0.2) is 47.7 Å². The molecule has 3 fully saturated rings. The number of hydrogen-bond acceptors (Lipinski definition) is 5. The van der Waals surface area contributed by atoms with Crippen molar-refractivity contribution in [3.8, 4) is 0 Å². The number of methoxy groups -OCH3 is 1. The lowest BCUT2D eigenvalue weighted by Crippen LogP contribution is -2.68. The largest absolute Gasteiger partial charge is 0.469 e. The molecule has 0 aromatic heterocycles. The van der Waals surface area contributed by atoms with Gasteiger partial charge < -0.3 is 13.6 Å². The number of hydrogen-bond donors (Lipinski definition) is 0. The van der Waals surface area contributed by atoms with E-state index in [1.165, 1.54) is 17.5 Å². The smallest absolute Gasteiger partial charge is 0.305 e. The Morgan fingerprint density at radius 2 is 1.35 bits per heavy atom. The van der Waals surface area contributed by atoms with Crippen molar-refractivity contribution in [1.29, 1.82) is 0 Å². The van der Waals surface area contributed by atoms with Gasteiger partial charge in [-0.25, -0.2) is 0 Å². The minimum Gasteiger partial charge on any atom is -0.469 e. The van der Waals surface area contributed by atoms with E-state index in [4.69, 9.17) is 13.6 Å².